The fourth-order valence-electron chi connectivity index (χ4n) is 4.45. The van der Waals surface area contributed by atoms with Crippen molar-refractivity contribution in [2.75, 3.05) is 36.6 Å². The van der Waals surface area contributed by atoms with Crippen molar-refractivity contribution in [3.05, 3.63) is 54.7 Å². The number of benzene rings is 1. The molecule has 0 saturated carbocycles. The molecule has 2 aliphatic heterocycles. The Morgan fingerprint density at radius 2 is 1.97 bits per heavy atom. The first kappa shape index (κ1) is 20.8. The third-order valence-electron chi connectivity index (χ3n) is 6.12. The first-order chi connectivity index (χ1) is 15.3. The SMILES string of the molecule is CN1CC2CC1CN2c1ccc(Nc2nccc(-c3cncc(S(C)(=O)=O)c3)n2)cc1F. The highest BCUT2D eigenvalue weighted by atomic mass is 32.2. The lowest BCUT2D eigenvalue weighted by Crippen LogP contribution is -2.44. The molecule has 4 heterocycles. The lowest BCUT2D eigenvalue weighted by atomic mass is 10.2. The van der Waals surface area contributed by atoms with Crippen molar-refractivity contribution in [1.82, 2.24) is 19.9 Å². The molecule has 5 rings (SSSR count). The minimum Gasteiger partial charge on any atom is -0.363 e. The van der Waals surface area contributed by atoms with Gasteiger partial charge in [-0.15, -0.1) is 0 Å². The maximum atomic E-state index is 14.9. The molecule has 10 heteroatoms. The van der Waals surface area contributed by atoms with Crippen molar-refractivity contribution in [2.45, 2.75) is 23.4 Å². The predicted molar refractivity (Wildman–Crippen MR) is 120 cm³/mol. The predicted octanol–water partition coefficient (Wildman–Crippen LogP) is 2.72. The summed E-state index contributed by atoms with van der Waals surface area (Å²) in [5.74, 6) is -0.00678. The van der Waals surface area contributed by atoms with Crippen LogP contribution in [0.3, 0.4) is 0 Å². The minimum atomic E-state index is -3.38. The van der Waals surface area contributed by atoms with Crippen LogP contribution in [0.25, 0.3) is 11.3 Å². The Hall–Kier alpha value is -3.11. The van der Waals surface area contributed by atoms with Crippen LogP contribution in [0.2, 0.25) is 0 Å². The van der Waals surface area contributed by atoms with Crippen LogP contribution in [-0.2, 0) is 9.84 Å². The normalized spacial score (nSPS) is 20.7. The molecule has 2 saturated heterocycles. The van der Waals surface area contributed by atoms with Gasteiger partial charge >= 0.3 is 0 Å². The summed E-state index contributed by atoms with van der Waals surface area (Å²) < 4.78 is 38.5. The summed E-state index contributed by atoms with van der Waals surface area (Å²) in [5.41, 5.74) is 2.21. The number of hydrogen-bond donors (Lipinski definition) is 1. The second-order valence-corrected chi connectivity index (χ2v) is 10.4. The molecular formula is C22H23FN6O2S. The van der Waals surface area contributed by atoms with Crippen LogP contribution in [0, 0.1) is 5.82 Å². The van der Waals surface area contributed by atoms with Gasteiger partial charge in [0, 0.05) is 61.3 Å². The van der Waals surface area contributed by atoms with Crippen molar-refractivity contribution >= 4 is 27.2 Å². The molecule has 0 spiro atoms. The van der Waals surface area contributed by atoms with Crippen molar-refractivity contribution < 1.29 is 12.8 Å². The number of piperazine rings is 1. The van der Waals surface area contributed by atoms with Crippen molar-refractivity contribution in [3.63, 3.8) is 0 Å². The molecule has 1 aromatic carbocycles. The number of halogens is 1. The second-order valence-electron chi connectivity index (χ2n) is 8.37. The first-order valence-electron chi connectivity index (χ1n) is 10.3. The molecule has 2 aromatic heterocycles. The fourth-order valence-corrected chi connectivity index (χ4v) is 5.04. The maximum absolute atomic E-state index is 14.9. The molecule has 2 atom stereocenters. The van der Waals surface area contributed by atoms with E-state index in [-0.39, 0.29) is 16.7 Å². The van der Waals surface area contributed by atoms with Gasteiger partial charge in [0.25, 0.3) is 0 Å². The lowest BCUT2D eigenvalue weighted by molar-refractivity contribution is 0.292. The van der Waals surface area contributed by atoms with E-state index < -0.39 is 9.84 Å². The Morgan fingerprint density at radius 3 is 2.66 bits per heavy atom. The van der Waals surface area contributed by atoms with Gasteiger partial charge in [-0.1, -0.05) is 0 Å². The van der Waals surface area contributed by atoms with Crippen LogP contribution in [-0.4, -0.2) is 66.7 Å². The third-order valence-corrected chi connectivity index (χ3v) is 7.20. The van der Waals surface area contributed by atoms with Crippen molar-refractivity contribution in [1.29, 1.82) is 0 Å². The average molecular weight is 455 g/mol. The molecule has 2 fully saturated rings. The number of pyridine rings is 1. The molecule has 0 radical (unpaired) electrons. The van der Waals surface area contributed by atoms with Crippen LogP contribution < -0.4 is 10.2 Å². The van der Waals surface area contributed by atoms with Gasteiger partial charge in [0.1, 0.15) is 5.82 Å². The Kier molecular flexibility index (Phi) is 5.06. The highest BCUT2D eigenvalue weighted by molar-refractivity contribution is 7.90. The molecule has 0 aliphatic carbocycles. The van der Waals surface area contributed by atoms with E-state index in [1.165, 1.54) is 24.5 Å². The van der Waals surface area contributed by atoms with Crippen molar-refractivity contribution in [3.8, 4) is 11.3 Å². The monoisotopic (exact) mass is 454 g/mol. The standard InChI is InChI=1S/C22H23FN6O2S/c1-28-12-17-9-16(28)13-29(17)21-4-3-15(8-19(21)23)26-22-25-6-5-20(27-22)14-7-18(11-24-10-14)32(2,30)31/h3-8,10-11,16-17H,9,12-13H2,1-2H3,(H,25,26,27). The van der Waals surface area contributed by atoms with E-state index in [0.717, 1.165) is 25.8 Å². The summed E-state index contributed by atoms with van der Waals surface area (Å²) in [6.45, 7) is 1.80. The topological polar surface area (TPSA) is 91.3 Å². The van der Waals surface area contributed by atoms with Crippen LogP contribution in [0.1, 0.15) is 6.42 Å². The third kappa shape index (κ3) is 3.91. The Labute approximate surface area is 186 Å². The highest BCUT2D eigenvalue weighted by Crippen LogP contribution is 2.35. The number of likely N-dealkylation sites (tertiary alicyclic amines) is 1. The highest BCUT2D eigenvalue weighted by Gasteiger charge is 2.42. The molecule has 1 N–H and O–H groups in total. The van der Waals surface area contributed by atoms with Gasteiger partial charge < -0.3 is 10.2 Å². The number of anilines is 3. The van der Waals surface area contributed by atoms with Crippen LogP contribution >= 0.6 is 0 Å². The number of nitrogens with zero attached hydrogens (tertiary/aromatic N) is 5. The Morgan fingerprint density at radius 1 is 1.12 bits per heavy atom. The Balaban J connectivity index is 1.36. The molecule has 8 nitrogen and oxygen atoms in total. The van der Waals surface area contributed by atoms with Crippen LogP contribution in [0.5, 0.6) is 0 Å². The zero-order valence-electron chi connectivity index (χ0n) is 17.7. The van der Waals surface area contributed by atoms with Crippen molar-refractivity contribution in [2.24, 2.45) is 0 Å². The first-order valence-corrected chi connectivity index (χ1v) is 12.2. The number of nitrogens with one attached hydrogen (secondary N) is 1. The molecule has 166 valence electrons. The number of rotatable bonds is 5. The van der Waals surface area contributed by atoms with Crippen LogP contribution in [0.4, 0.5) is 21.7 Å². The smallest absolute Gasteiger partial charge is 0.227 e. The number of sulfone groups is 1. The van der Waals surface area contributed by atoms with E-state index in [4.69, 9.17) is 0 Å². The van der Waals surface area contributed by atoms with E-state index in [9.17, 15) is 12.8 Å². The van der Waals surface area contributed by atoms with Gasteiger partial charge in [-0.05, 0) is 43.8 Å². The average Bonchev–Trinajstić information content (AvgIpc) is 3.33. The molecule has 2 bridgehead atoms. The van der Waals surface area contributed by atoms with E-state index in [0.29, 0.717) is 34.7 Å². The molecule has 0 amide bonds. The molecule has 3 aromatic rings. The summed E-state index contributed by atoms with van der Waals surface area (Å²) in [6, 6.07) is 9.09. The lowest BCUT2D eigenvalue weighted by Gasteiger charge is -2.33. The maximum Gasteiger partial charge on any atom is 0.227 e. The minimum absolute atomic E-state index is 0.114. The summed E-state index contributed by atoms with van der Waals surface area (Å²) in [4.78, 5) is 17.2. The number of likely N-dealkylation sites (N-methyl/N-ethyl adjacent to an activating group) is 1. The Bertz CT molecular complexity index is 1280. The number of fused-ring (bicyclic) bond motifs is 2. The van der Waals surface area contributed by atoms with Gasteiger partial charge in [0.05, 0.1) is 16.3 Å². The van der Waals surface area contributed by atoms with E-state index in [1.54, 1.807) is 18.3 Å². The fraction of sp³-hybridized carbons (Fsp3) is 0.318. The quantitative estimate of drug-likeness (QED) is 0.629. The summed E-state index contributed by atoms with van der Waals surface area (Å²) in [6.07, 6.45) is 6.60. The summed E-state index contributed by atoms with van der Waals surface area (Å²) in [7, 11) is -1.27. The van der Waals surface area contributed by atoms with Gasteiger partial charge in [0.2, 0.25) is 5.95 Å². The van der Waals surface area contributed by atoms with E-state index in [2.05, 4.69) is 37.1 Å². The second kappa shape index (κ2) is 7.79. The number of hydrogen-bond acceptors (Lipinski definition) is 8. The number of aromatic nitrogens is 3. The van der Waals surface area contributed by atoms with Gasteiger partial charge in [-0.2, -0.15) is 0 Å². The van der Waals surface area contributed by atoms with Gasteiger partial charge in [-0.3, -0.25) is 9.88 Å². The summed E-state index contributed by atoms with van der Waals surface area (Å²) >= 11 is 0. The zero-order chi connectivity index (χ0) is 22.5. The molecular weight excluding hydrogens is 431 g/mol. The summed E-state index contributed by atoms with van der Waals surface area (Å²) in [5, 5.41) is 3.03. The van der Waals surface area contributed by atoms with Gasteiger partial charge in [0.15, 0.2) is 9.84 Å². The molecule has 2 aliphatic rings. The zero-order valence-corrected chi connectivity index (χ0v) is 18.6. The van der Waals surface area contributed by atoms with E-state index in [1.807, 2.05) is 6.07 Å². The molecule has 32 heavy (non-hydrogen) atoms. The van der Waals surface area contributed by atoms with E-state index >= 15 is 0 Å². The largest absolute Gasteiger partial charge is 0.363 e. The van der Waals surface area contributed by atoms with Crippen LogP contribution in [0.15, 0.2) is 53.8 Å². The molecule has 2 unspecified atom stereocenters. The van der Waals surface area contributed by atoms with Gasteiger partial charge in [-0.25, -0.2) is 22.8 Å².